The van der Waals surface area contributed by atoms with Crippen LogP contribution in [0, 0.1) is 12.2 Å². The Morgan fingerprint density at radius 2 is 0.964 bits per heavy atom. The Kier molecular flexibility index (Phi) is 18.9. The van der Waals surface area contributed by atoms with Crippen molar-refractivity contribution in [3.8, 4) is 0 Å². The van der Waals surface area contributed by atoms with Crippen LogP contribution in [0.15, 0.2) is 85.0 Å². The standard InChI is InChI=1S/2C11H9.C2H7Si.2ClH.Hf/c2*1-2-6-10(7-3-1)11-8-4-5-9-11;1-3-2;;;/h2*1-4,6-8H,5H2;3H,1-2H3;2*1H;/q2*-1;;;;. The van der Waals surface area contributed by atoms with Crippen LogP contribution in [-0.2, 0) is 25.8 Å². The predicted molar refractivity (Wildman–Crippen MR) is 127 cm³/mol. The molecule has 0 atom stereocenters. The Bertz CT molecular complexity index is 685. The van der Waals surface area contributed by atoms with Gasteiger partial charge in [-0.25, -0.2) is 0 Å². The topological polar surface area (TPSA) is 0 Å². The Labute approximate surface area is 204 Å². The van der Waals surface area contributed by atoms with Gasteiger partial charge in [-0.2, -0.15) is 35.5 Å². The molecule has 2 aromatic rings. The van der Waals surface area contributed by atoms with E-state index in [1.165, 1.54) is 22.3 Å². The smallest absolute Gasteiger partial charge is 0.0213 e. The van der Waals surface area contributed by atoms with E-state index >= 15 is 0 Å². The summed E-state index contributed by atoms with van der Waals surface area (Å²) < 4.78 is 0. The maximum absolute atomic E-state index is 3.28. The van der Waals surface area contributed by atoms with Crippen molar-refractivity contribution >= 4 is 45.5 Å². The molecule has 0 aliphatic heterocycles. The summed E-state index contributed by atoms with van der Waals surface area (Å²) in [6, 6.07) is 20.7. The van der Waals surface area contributed by atoms with Gasteiger partial charge in [0.2, 0.25) is 0 Å². The van der Waals surface area contributed by atoms with Crippen LogP contribution < -0.4 is 0 Å². The monoisotopic (exact) mass is 593 g/mol. The molecule has 0 N–H and O–H groups in total. The van der Waals surface area contributed by atoms with Gasteiger partial charge in [-0.15, -0.1) is 72.4 Å². The fourth-order valence-electron chi connectivity index (χ4n) is 2.44. The quantitative estimate of drug-likeness (QED) is 0.260. The number of rotatable bonds is 2. The van der Waals surface area contributed by atoms with E-state index in [0.29, 0.717) is 0 Å². The third-order valence-electron chi connectivity index (χ3n) is 3.56. The third kappa shape index (κ3) is 10.6. The number of hydrogen-bond donors (Lipinski definition) is 0. The first kappa shape index (κ1) is 29.3. The minimum absolute atomic E-state index is 0. The second kappa shape index (κ2) is 18.1. The summed E-state index contributed by atoms with van der Waals surface area (Å²) in [5, 5.41) is 0. The third-order valence-corrected chi connectivity index (χ3v) is 3.56. The molecular weight excluding hydrogens is 566 g/mol. The van der Waals surface area contributed by atoms with Gasteiger partial charge >= 0.3 is 0 Å². The summed E-state index contributed by atoms with van der Waals surface area (Å²) in [7, 11) is 0.750. The molecule has 1 radical (unpaired) electrons. The van der Waals surface area contributed by atoms with Crippen LogP contribution >= 0.6 is 24.8 Å². The van der Waals surface area contributed by atoms with Gasteiger partial charge in [-0.05, 0) is 0 Å². The van der Waals surface area contributed by atoms with Crippen LogP contribution in [0.4, 0.5) is 0 Å². The summed E-state index contributed by atoms with van der Waals surface area (Å²) in [4.78, 5) is 0. The van der Waals surface area contributed by atoms with Crippen molar-refractivity contribution in [3.63, 3.8) is 0 Å². The van der Waals surface area contributed by atoms with Crippen LogP contribution in [-0.4, -0.2) is 9.52 Å². The van der Waals surface area contributed by atoms with Gasteiger partial charge in [0.05, 0.1) is 0 Å². The summed E-state index contributed by atoms with van der Waals surface area (Å²) in [6.45, 7) is 4.42. The van der Waals surface area contributed by atoms with E-state index in [1.807, 2.05) is 12.1 Å². The average molecular weight is 593 g/mol. The van der Waals surface area contributed by atoms with Gasteiger partial charge in [-0.1, -0.05) is 62.3 Å². The molecule has 0 amide bonds. The van der Waals surface area contributed by atoms with Gasteiger partial charge in [-0.3, -0.25) is 0 Å². The second-order valence-electron chi connectivity index (χ2n) is 5.70. The first-order valence-electron chi connectivity index (χ1n) is 8.74. The number of hydrogen-bond acceptors (Lipinski definition) is 0. The molecule has 2 aromatic carbocycles. The Morgan fingerprint density at radius 1 is 0.643 bits per heavy atom. The predicted octanol–water partition coefficient (Wildman–Crippen LogP) is 7.03. The molecule has 0 saturated carbocycles. The van der Waals surface area contributed by atoms with Crippen molar-refractivity contribution in [3.05, 3.63) is 108 Å². The molecule has 0 saturated heterocycles. The molecule has 0 heterocycles. The summed E-state index contributed by atoms with van der Waals surface area (Å²) in [5.74, 6) is 0. The summed E-state index contributed by atoms with van der Waals surface area (Å²) in [6.07, 6.45) is 17.0. The van der Waals surface area contributed by atoms with Gasteiger partial charge in [0, 0.05) is 35.4 Å². The zero-order chi connectivity index (χ0) is 17.7. The maximum Gasteiger partial charge on any atom is 0.0213 e. The first-order chi connectivity index (χ1) is 12.3. The minimum Gasteiger partial charge on any atom is -0.197 e. The van der Waals surface area contributed by atoms with E-state index in [4.69, 9.17) is 0 Å². The van der Waals surface area contributed by atoms with E-state index in [1.54, 1.807) is 0 Å². The number of halogens is 2. The Balaban J connectivity index is 0. The van der Waals surface area contributed by atoms with Crippen LogP contribution in [0.1, 0.15) is 24.0 Å². The SMILES string of the molecule is C[SiH]C.Cl.Cl.[C-]1=C(c2ccccc2)C=CC1.[C-]1=C(c2ccccc2)C=CC1.[Hf]. The fourth-order valence-corrected chi connectivity index (χ4v) is 2.44. The maximum atomic E-state index is 3.28. The molecule has 4 heteroatoms. The van der Waals surface area contributed by atoms with Crippen LogP contribution in [0.2, 0.25) is 13.1 Å². The van der Waals surface area contributed by atoms with Crippen molar-refractivity contribution in [2.24, 2.45) is 0 Å². The second-order valence-corrected chi connectivity index (χ2v) is 6.86. The van der Waals surface area contributed by atoms with Crippen LogP contribution in [0.5, 0.6) is 0 Å². The van der Waals surface area contributed by atoms with Crippen molar-refractivity contribution < 1.29 is 25.8 Å². The van der Waals surface area contributed by atoms with E-state index in [-0.39, 0.29) is 50.7 Å². The molecule has 0 spiro atoms. The molecule has 28 heavy (non-hydrogen) atoms. The summed E-state index contributed by atoms with van der Waals surface area (Å²) >= 11 is 0. The molecule has 2 aliphatic carbocycles. The molecule has 147 valence electrons. The number of benzene rings is 2. The fraction of sp³-hybridized carbons (Fsp3) is 0.167. The van der Waals surface area contributed by atoms with Crippen molar-refractivity contribution in [2.75, 3.05) is 0 Å². The Morgan fingerprint density at radius 3 is 1.21 bits per heavy atom. The zero-order valence-electron chi connectivity index (χ0n) is 16.4. The largest absolute Gasteiger partial charge is 0.197 e. The van der Waals surface area contributed by atoms with Crippen LogP contribution in [0.25, 0.3) is 11.1 Å². The molecule has 2 aliphatic rings. The van der Waals surface area contributed by atoms with E-state index < -0.39 is 0 Å². The molecule has 0 nitrogen and oxygen atoms in total. The van der Waals surface area contributed by atoms with Gasteiger partial charge < -0.3 is 0 Å². The molecule has 0 unspecified atom stereocenters. The van der Waals surface area contributed by atoms with Gasteiger partial charge in [0.25, 0.3) is 0 Å². The van der Waals surface area contributed by atoms with E-state index in [9.17, 15) is 0 Å². The first-order valence-corrected chi connectivity index (χ1v) is 11.1. The van der Waals surface area contributed by atoms with Gasteiger partial charge in [0.15, 0.2) is 0 Å². The average Bonchev–Trinajstić information content (AvgIpc) is 3.39. The van der Waals surface area contributed by atoms with Crippen LogP contribution in [0.3, 0.4) is 0 Å². The van der Waals surface area contributed by atoms with Gasteiger partial charge in [0.1, 0.15) is 0 Å². The number of allylic oxidation sites excluding steroid dienone is 8. The molecular formula is C24H27Cl2HfSi-2. The molecule has 0 aromatic heterocycles. The summed E-state index contributed by atoms with van der Waals surface area (Å²) in [5.41, 5.74) is 4.98. The molecule has 0 fully saturated rings. The van der Waals surface area contributed by atoms with Crippen molar-refractivity contribution in [2.45, 2.75) is 25.9 Å². The Hall–Kier alpha value is -0.933. The normalized spacial score (nSPS) is 12.5. The minimum atomic E-state index is 0. The molecule has 4 rings (SSSR count). The van der Waals surface area contributed by atoms with Crippen molar-refractivity contribution in [1.82, 2.24) is 0 Å². The van der Waals surface area contributed by atoms with E-state index in [0.717, 1.165) is 22.4 Å². The molecule has 0 bridgehead atoms. The van der Waals surface area contributed by atoms with E-state index in [2.05, 4.69) is 98.1 Å². The zero-order valence-corrected chi connectivity index (χ0v) is 22.8. The van der Waals surface area contributed by atoms with Crippen molar-refractivity contribution in [1.29, 1.82) is 0 Å².